The number of rotatable bonds is 9. The van der Waals surface area contributed by atoms with Gasteiger partial charge in [0.05, 0.1) is 46.6 Å². The first-order valence-electron chi connectivity index (χ1n) is 18.2. The van der Waals surface area contributed by atoms with Gasteiger partial charge in [-0.3, -0.25) is 14.2 Å². The fourth-order valence-corrected chi connectivity index (χ4v) is 9.02. The molecule has 3 aliphatic carbocycles. The van der Waals surface area contributed by atoms with Crippen molar-refractivity contribution in [3.05, 3.63) is 87.6 Å². The molecule has 16 heteroatoms. The van der Waals surface area contributed by atoms with Gasteiger partial charge in [0.1, 0.15) is 17.6 Å². The molecule has 12 nitrogen and oxygen atoms in total. The van der Waals surface area contributed by atoms with E-state index in [1.54, 1.807) is 25.1 Å². The summed E-state index contributed by atoms with van der Waals surface area (Å²) >= 11 is 0. The molecular formula is C38H43BF3N7O5. The highest BCUT2D eigenvalue weighted by Crippen LogP contribution is 2.65. The standard InChI is InChI=1S/C38H43BF3N7O5/c1-6-30(39-53-29-16-24-15-28(35(24,2)3)37(29,5)54-39)47-31(50)27-17-36(4,48-34(52)46-25-12-8-9-21(14-25)18-43)33-45-20-26(32(51)49(27)33)44-19-22-10-7-11-23(13-22)38(40,41)42/h7-14,20,24,27-30,44H,6,15-17,19H2,1-5H3,(H,47,50)(H2,46,48,52)/t24-,27-,28-,29+,30-,36+,37-/m0/s1. The zero-order valence-corrected chi connectivity index (χ0v) is 30.7. The van der Waals surface area contributed by atoms with Crippen LogP contribution in [0.4, 0.5) is 29.3 Å². The molecule has 3 amide bonds. The number of fused-ring (bicyclic) bond motifs is 1. The SMILES string of the molecule is CC[C@H](NC(=O)[C@@H]1C[C@@](C)(NC(=O)Nc2cccc(C#N)c2)c2ncc(NCc3cccc(C(F)(F)F)c3)c(=O)n21)B1O[C@@H]2C[C@@H]3C[C@@H](C3(C)C)[C@]2(C)O1. The van der Waals surface area contributed by atoms with Crippen LogP contribution in [0.1, 0.15) is 88.9 Å². The number of hydrogen-bond acceptors (Lipinski definition) is 8. The minimum Gasteiger partial charge on any atom is -0.404 e. The van der Waals surface area contributed by atoms with Crippen LogP contribution in [0.5, 0.6) is 0 Å². The molecule has 5 aliphatic rings. The quantitative estimate of drug-likeness (QED) is 0.198. The molecule has 3 aromatic rings. The van der Waals surface area contributed by atoms with Crippen molar-refractivity contribution in [2.24, 2.45) is 17.3 Å². The van der Waals surface area contributed by atoms with Crippen LogP contribution in [0.3, 0.4) is 0 Å². The van der Waals surface area contributed by atoms with E-state index in [0.29, 0.717) is 29.5 Å². The van der Waals surface area contributed by atoms with Crippen LogP contribution in [0.25, 0.3) is 0 Å². The number of nitrogens with one attached hydrogen (secondary N) is 4. The van der Waals surface area contributed by atoms with E-state index in [-0.39, 0.29) is 41.6 Å². The second-order valence-electron chi connectivity index (χ2n) is 15.9. The first-order valence-corrected chi connectivity index (χ1v) is 18.2. The summed E-state index contributed by atoms with van der Waals surface area (Å²) in [5, 5.41) is 20.8. The predicted octanol–water partition coefficient (Wildman–Crippen LogP) is 5.89. The summed E-state index contributed by atoms with van der Waals surface area (Å²) in [6.45, 7) is 10.1. The van der Waals surface area contributed by atoms with Gasteiger partial charge >= 0.3 is 19.3 Å². The maximum atomic E-state index is 14.3. The summed E-state index contributed by atoms with van der Waals surface area (Å²) < 4.78 is 54.4. The average molecular weight is 746 g/mol. The van der Waals surface area contributed by atoms with Gasteiger partial charge in [0, 0.05) is 18.7 Å². The van der Waals surface area contributed by atoms with Crippen molar-refractivity contribution in [1.29, 1.82) is 5.26 Å². The van der Waals surface area contributed by atoms with Crippen LogP contribution in [-0.4, -0.2) is 46.3 Å². The summed E-state index contributed by atoms with van der Waals surface area (Å²) in [7, 11) is -0.709. The van der Waals surface area contributed by atoms with Crippen molar-refractivity contribution >= 4 is 30.4 Å². The molecule has 4 N–H and O–H groups in total. The van der Waals surface area contributed by atoms with Crippen molar-refractivity contribution in [2.45, 2.75) is 102 Å². The highest BCUT2D eigenvalue weighted by Gasteiger charge is 2.68. The average Bonchev–Trinajstić information content (AvgIpc) is 3.64. The van der Waals surface area contributed by atoms with Crippen LogP contribution in [0.15, 0.2) is 59.5 Å². The lowest BCUT2D eigenvalue weighted by atomic mass is 9.43. The van der Waals surface area contributed by atoms with Crippen LogP contribution in [-0.2, 0) is 32.4 Å². The Morgan fingerprint density at radius 2 is 1.89 bits per heavy atom. The number of nitriles is 1. The molecule has 2 bridgehead atoms. The monoisotopic (exact) mass is 745 g/mol. The third kappa shape index (κ3) is 6.51. The number of carbonyl (C=O) groups is 2. The van der Waals surface area contributed by atoms with Crippen LogP contribution in [0.2, 0.25) is 0 Å². The van der Waals surface area contributed by atoms with E-state index in [1.165, 1.54) is 29.0 Å². The van der Waals surface area contributed by atoms with Gasteiger partial charge in [-0.1, -0.05) is 39.0 Å². The van der Waals surface area contributed by atoms with Gasteiger partial charge in [0.2, 0.25) is 5.91 Å². The molecular weight excluding hydrogens is 702 g/mol. The van der Waals surface area contributed by atoms with Gasteiger partial charge in [-0.05, 0) is 86.3 Å². The molecule has 7 atom stereocenters. The van der Waals surface area contributed by atoms with Gasteiger partial charge in [0.25, 0.3) is 5.56 Å². The van der Waals surface area contributed by atoms with Crippen molar-refractivity contribution in [1.82, 2.24) is 20.2 Å². The number of urea groups is 1. The maximum absolute atomic E-state index is 14.3. The molecule has 54 heavy (non-hydrogen) atoms. The molecule has 0 radical (unpaired) electrons. The lowest BCUT2D eigenvalue weighted by molar-refractivity contribution is -0.199. The molecule has 1 saturated heterocycles. The number of carbonyl (C=O) groups excluding carboxylic acids is 2. The number of alkyl halides is 3. The van der Waals surface area contributed by atoms with E-state index in [4.69, 9.17) is 9.31 Å². The fraction of sp³-hybridized carbons (Fsp3) is 0.500. The minimum atomic E-state index is -4.54. The molecule has 4 fully saturated rings. The molecule has 2 aromatic carbocycles. The number of anilines is 2. The van der Waals surface area contributed by atoms with Crippen molar-refractivity contribution in [2.75, 3.05) is 10.6 Å². The van der Waals surface area contributed by atoms with Crippen LogP contribution in [0, 0.1) is 28.6 Å². The van der Waals surface area contributed by atoms with E-state index < -0.39 is 59.5 Å². The Bertz CT molecular complexity index is 2090. The van der Waals surface area contributed by atoms with E-state index in [9.17, 15) is 32.8 Å². The zero-order chi connectivity index (χ0) is 38.8. The van der Waals surface area contributed by atoms with E-state index in [1.807, 2.05) is 13.0 Å². The number of nitrogens with zero attached hydrogens (tertiary/aromatic N) is 3. The van der Waals surface area contributed by atoms with Gasteiger partial charge < -0.3 is 30.6 Å². The maximum Gasteiger partial charge on any atom is 0.481 e. The summed E-state index contributed by atoms with van der Waals surface area (Å²) in [5.74, 6) is -0.0849. The Balaban J connectivity index is 1.15. The Morgan fingerprint density at radius 3 is 2.59 bits per heavy atom. The van der Waals surface area contributed by atoms with Crippen molar-refractivity contribution in [3.63, 3.8) is 0 Å². The van der Waals surface area contributed by atoms with Gasteiger partial charge in [-0.2, -0.15) is 18.4 Å². The number of benzene rings is 2. The molecule has 0 spiro atoms. The lowest BCUT2D eigenvalue weighted by Gasteiger charge is -2.64. The van der Waals surface area contributed by atoms with Gasteiger partial charge in [-0.25, -0.2) is 9.78 Å². The number of halogens is 3. The molecule has 3 heterocycles. The molecule has 3 saturated carbocycles. The smallest absolute Gasteiger partial charge is 0.404 e. The second kappa shape index (κ2) is 13.5. The second-order valence-corrected chi connectivity index (χ2v) is 15.9. The third-order valence-electron chi connectivity index (χ3n) is 12.1. The lowest BCUT2D eigenvalue weighted by Crippen LogP contribution is -2.65. The topological polar surface area (TPSA) is 159 Å². The number of aromatic nitrogens is 2. The summed E-state index contributed by atoms with van der Waals surface area (Å²) in [6.07, 6.45) is -1.02. The van der Waals surface area contributed by atoms with E-state index >= 15 is 0 Å². The molecule has 284 valence electrons. The van der Waals surface area contributed by atoms with E-state index in [2.05, 4.69) is 47.0 Å². The first kappa shape index (κ1) is 37.4. The van der Waals surface area contributed by atoms with Crippen molar-refractivity contribution in [3.8, 4) is 6.07 Å². The van der Waals surface area contributed by atoms with Gasteiger partial charge in [0.15, 0.2) is 0 Å². The summed E-state index contributed by atoms with van der Waals surface area (Å²) in [6, 6.07) is 11.3. The molecule has 8 rings (SSSR count). The zero-order valence-electron chi connectivity index (χ0n) is 30.7. The largest absolute Gasteiger partial charge is 0.481 e. The van der Waals surface area contributed by atoms with E-state index in [0.717, 1.165) is 25.0 Å². The van der Waals surface area contributed by atoms with Crippen molar-refractivity contribution < 1.29 is 32.1 Å². The Hall–Kier alpha value is -4.88. The van der Waals surface area contributed by atoms with Crippen LogP contribution < -0.4 is 26.8 Å². The predicted molar refractivity (Wildman–Crippen MR) is 194 cm³/mol. The number of hydrogen-bond donors (Lipinski definition) is 4. The molecule has 0 unspecified atom stereocenters. The molecule has 1 aromatic heterocycles. The Morgan fingerprint density at radius 1 is 1.13 bits per heavy atom. The third-order valence-corrected chi connectivity index (χ3v) is 12.1. The highest BCUT2D eigenvalue weighted by atomic mass is 19.4. The minimum absolute atomic E-state index is 0.0379. The van der Waals surface area contributed by atoms with Gasteiger partial charge in [-0.15, -0.1) is 0 Å². The molecule has 2 aliphatic heterocycles. The fourth-order valence-electron chi connectivity index (χ4n) is 9.02. The Kier molecular flexibility index (Phi) is 9.33. The summed E-state index contributed by atoms with van der Waals surface area (Å²) in [4.78, 5) is 46.4. The normalized spacial score (nSPS) is 28.2. The van der Waals surface area contributed by atoms with Crippen LogP contribution >= 0.6 is 0 Å². The highest BCUT2D eigenvalue weighted by molar-refractivity contribution is 6.47. The summed E-state index contributed by atoms with van der Waals surface area (Å²) in [5.41, 5.74) is -2.20. The first-order chi connectivity index (χ1) is 25.5. The number of amides is 3. The Labute approximate surface area is 311 Å².